The van der Waals surface area contributed by atoms with Gasteiger partial charge in [0.05, 0.1) is 6.04 Å². The molecule has 0 amide bonds. The highest BCUT2D eigenvalue weighted by Crippen LogP contribution is 2.04. The van der Waals surface area contributed by atoms with Crippen LogP contribution in [0.1, 0.15) is 6.42 Å². The van der Waals surface area contributed by atoms with Gasteiger partial charge in [-0.3, -0.25) is 4.79 Å². The number of allylic oxidation sites excluding steroid dienone is 2. The molecule has 0 aliphatic rings. The van der Waals surface area contributed by atoms with E-state index in [-0.39, 0.29) is 12.2 Å². The smallest absolute Gasteiger partial charge is 0.298 e. The van der Waals surface area contributed by atoms with Gasteiger partial charge in [-0.25, -0.2) is 0 Å². The van der Waals surface area contributed by atoms with E-state index in [4.69, 9.17) is 5.73 Å². The molecule has 0 saturated heterocycles. The van der Waals surface area contributed by atoms with Crippen LogP contribution in [-0.2, 0) is 14.3 Å². The first-order valence-corrected chi connectivity index (χ1v) is 3.96. The summed E-state index contributed by atoms with van der Waals surface area (Å²) in [6.07, 6.45) is 4.09. The highest BCUT2D eigenvalue weighted by Gasteiger charge is 2.00. The molecule has 0 aliphatic heterocycles. The Labute approximate surface area is 82.7 Å². The molecule has 76 valence electrons. The highest BCUT2D eigenvalue weighted by molar-refractivity contribution is 5.58. The third kappa shape index (κ3) is 5.91. The summed E-state index contributed by atoms with van der Waals surface area (Å²) in [7, 11) is 0. The van der Waals surface area contributed by atoms with Crippen LogP contribution in [0.2, 0.25) is 0 Å². The largest absolute Gasteiger partial charge is 0.429 e. The molecule has 0 fully saturated rings. The van der Waals surface area contributed by atoms with Crippen molar-refractivity contribution in [2.45, 2.75) is 12.5 Å². The molecule has 4 nitrogen and oxygen atoms in total. The topological polar surface area (TPSA) is 69.4 Å². The fourth-order valence-corrected chi connectivity index (χ4v) is 0.731. The lowest BCUT2D eigenvalue weighted by atomic mass is 10.1. The molecule has 14 heavy (non-hydrogen) atoms. The molecule has 4 heteroatoms. The van der Waals surface area contributed by atoms with Gasteiger partial charge >= 0.3 is 0 Å². The van der Waals surface area contributed by atoms with Crippen molar-refractivity contribution in [3.8, 4) is 0 Å². The lowest BCUT2D eigenvalue weighted by molar-refractivity contribution is -0.124. The van der Waals surface area contributed by atoms with Crippen LogP contribution < -0.4 is 5.73 Å². The van der Waals surface area contributed by atoms with E-state index >= 15 is 0 Å². The summed E-state index contributed by atoms with van der Waals surface area (Å²) in [4.78, 5) is 20.1. The summed E-state index contributed by atoms with van der Waals surface area (Å²) >= 11 is 0. The fraction of sp³-hybridized carbons (Fsp3) is 0.200. The monoisotopic (exact) mass is 195 g/mol. The van der Waals surface area contributed by atoms with E-state index in [2.05, 4.69) is 17.9 Å². The van der Waals surface area contributed by atoms with E-state index in [1.165, 1.54) is 6.08 Å². The highest BCUT2D eigenvalue weighted by atomic mass is 16.5. The fourth-order valence-electron chi connectivity index (χ4n) is 0.731. The van der Waals surface area contributed by atoms with Gasteiger partial charge in [0.1, 0.15) is 12.0 Å². The van der Waals surface area contributed by atoms with Gasteiger partial charge in [-0.05, 0) is 12.5 Å². The second kappa shape index (κ2) is 6.80. The summed E-state index contributed by atoms with van der Waals surface area (Å²) in [6.45, 7) is 7.38. The molecule has 0 aromatic heterocycles. The first-order valence-electron chi connectivity index (χ1n) is 3.96. The molecule has 2 N–H and O–H groups in total. The number of hydrogen-bond donors (Lipinski definition) is 1. The number of nitrogens with two attached hydrogens (primary N) is 1. The molecule has 0 aliphatic carbocycles. The minimum absolute atomic E-state index is 0.209. The molecule has 0 heterocycles. The predicted octanol–water partition coefficient (Wildman–Crippen LogP) is 0.702. The SMILES string of the molecule is C=C(/C=C\C(=C)OC=O)CC(N)C=O. The van der Waals surface area contributed by atoms with Gasteiger partial charge in [0.15, 0.2) is 0 Å². The molecule has 0 radical (unpaired) electrons. The standard InChI is InChI=1S/C10H13NO3/c1-8(5-10(11)6-12)3-4-9(2)14-7-13/h3-4,6-7,10H,1-2,5,11H2/b4-3-. The molecule has 0 bridgehead atoms. The maximum atomic E-state index is 10.2. The molecule has 0 rings (SSSR count). The van der Waals surface area contributed by atoms with Gasteiger partial charge < -0.3 is 15.3 Å². The van der Waals surface area contributed by atoms with Crippen molar-refractivity contribution in [1.29, 1.82) is 0 Å². The van der Waals surface area contributed by atoms with E-state index in [9.17, 15) is 9.59 Å². The molecular formula is C10H13NO3. The zero-order chi connectivity index (χ0) is 11.0. The summed E-state index contributed by atoms with van der Waals surface area (Å²) in [5.74, 6) is 0.209. The summed E-state index contributed by atoms with van der Waals surface area (Å²) in [5, 5.41) is 0. The van der Waals surface area contributed by atoms with Gasteiger partial charge in [-0.1, -0.05) is 24.8 Å². The maximum Gasteiger partial charge on any atom is 0.298 e. The van der Waals surface area contributed by atoms with Crippen molar-refractivity contribution >= 4 is 12.8 Å². The van der Waals surface area contributed by atoms with Crippen LogP contribution in [0.4, 0.5) is 0 Å². The van der Waals surface area contributed by atoms with E-state index < -0.39 is 6.04 Å². The van der Waals surface area contributed by atoms with Crippen LogP contribution in [0.5, 0.6) is 0 Å². The minimum Gasteiger partial charge on any atom is -0.429 e. The van der Waals surface area contributed by atoms with Gasteiger partial charge in [0.25, 0.3) is 6.47 Å². The normalized spacial score (nSPS) is 12.1. The molecule has 0 aromatic carbocycles. The van der Waals surface area contributed by atoms with Crippen molar-refractivity contribution in [2.75, 3.05) is 0 Å². The molecule has 1 unspecified atom stereocenters. The Morgan fingerprint density at radius 3 is 2.50 bits per heavy atom. The van der Waals surface area contributed by atoms with Crippen LogP contribution in [0.15, 0.2) is 36.6 Å². The van der Waals surface area contributed by atoms with Crippen LogP contribution >= 0.6 is 0 Å². The first kappa shape index (κ1) is 12.3. The van der Waals surface area contributed by atoms with Crippen LogP contribution in [-0.4, -0.2) is 18.8 Å². The number of carbonyl (C=O) groups is 2. The Kier molecular flexibility index (Phi) is 5.98. The molecule has 0 aromatic rings. The average Bonchev–Trinajstić information content (AvgIpc) is 2.15. The molecule has 1 atom stereocenters. The van der Waals surface area contributed by atoms with Gasteiger partial charge in [-0.2, -0.15) is 0 Å². The summed E-state index contributed by atoms with van der Waals surface area (Å²) < 4.78 is 4.42. The second-order valence-corrected chi connectivity index (χ2v) is 2.68. The van der Waals surface area contributed by atoms with Crippen molar-refractivity contribution in [3.05, 3.63) is 36.6 Å². The Balaban J connectivity index is 3.98. The van der Waals surface area contributed by atoms with Crippen molar-refractivity contribution in [3.63, 3.8) is 0 Å². The maximum absolute atomic E-state index is 10.2. The lowest BCUT2D eigenvalue weighted by Crippen LogP contribution is -2.21. The second-order valence-electron chi connectivity index (χ2n) is 2.68. The van der Waals surface area contributed by atoms with Crippen molar-refractivity contribution < 1.29 is 14.3 Å². The Morgan fingerprint density at radius 2 is 2.00 bits per heavy atom. The Bertz CT molecular complexity index is 269. The van der Waals surface area contributed by atoms with E-state index in [1.807, 2.05) is 0 Å². The quantitative estimate of drug-likeness (QED) is 0.369. The zero-order valence-electron chi connectivity index (χ0n) is 7.81. The number of carbonyl (C=O) groups excluding carboxylic acids is 2. The Morgan fingerprint density at radius 1 is 1.36 bits per heavy atom. The number of aldehydes is 1. The number of rotatable bonds is 7. The van der Waals surface area contributed by atoms with Crippen LogP contribution in [0.25, 0.3) is 0 Å². The van der Waals surface area contributed by atoms with Gasteiger partial charge in [0, 0.05) is 0 Å². The third-order valence-electron chi connectivity index (χ3n) is 1.38. The van der Waals surface area contributed by atoms with Crippen LogP contribution in [0, 0.1) is 0 Å². The van der Waals surface area contributed by atoms with E-state index in [0.717, 1.165) is 0 Å². The van der Waals surface area contributed by atoms with Crippen molar-refractivity contribution in [2.24, 2.45) is 5.73 Å². The molecule has 0 saturated carbocycles. The minimum atomic E-state index is -0.549. The summed E-state index contributed by atoms with van der Waals surface area (Å²) in [5.41, 5.74) is 6.03. The van der Waals surface area contributed by atoms with E-state index in [0.29, 0.717) is 18.3 Å². The van der Waals surface area contributed by atoms with Crippen LogP contribution in [0.3, 0.4) is 0 Å². The van der Waals surface area contributed by atoms with Gasteiger partial charge in [0.2, 0.25) is 0 Å². The molecule has 0 spiro atoms. The number of hydrogen-bond acceptors (Lipinski definition) is 4. The Hall–Kier alpha value is -1.68. The van der Waals surface area contributed by atoms with E-state index in [1.54, 1.807) is 6.08 Å². The first-order chi connectivity index (χ1) is 6.60. The summed E-state index contributed by atoms with van der Waals surface area (Å²) in [6, 6.07) is -0.549. The zero-order valence-corrected chi connectivity index (χ0v) is 7.81. The van der Waals surface area contributed by atoms with Gasteiger partial charge in [-0.15, -0.1) is 0 Å². The molecular weight excluding hydrogens is 182 g/mol. The third-order valence-corrected chi connectivity index (χ3v) is 1.38. The lowest BCUT2D eigenvalue weighted by Gasteiger charge is -2.02. The number of ether oxygens (including phenoxy) is 1. The average molecular weight is 195 g/mol. The predicted molar refractivity (Wildman–Crippen MR) is 53.2 cm³/mol. The van der Waals surface area contributed by atoms with Crippen molar-refractivity contribution in [1.82, 2.24) is 0 Å².